The highest BCUT2D eigenvalue weighted by atomic mass is 32.2. The molecule has 1 atom stereocenters. The van der Waals surface area contributed by atoms with Gasteiger partial charge in [0.25, 0.3) is 0 Å². The lowest BCUT2D eigenvalue weighted by Crippen LogP contribution is -2.41. The van der Waals surface area contributed by atoms with Gasteiger partial charge in [0.1, 0.15) is 0 Å². The van der Waals surface area contributed by atoms with Crippen LogP contribution >= 0.6 is 0 Å². The molecule has 180 valence electrons. The number of aryl methyl sites for hydroxylation is 1. The summed E-state index contributed by atoms with van der Waals surface area (Å²) in [6, 6.07) is 18.6. The molecule has 3 aromatic rings. The number of hydrogen-bond donors (Lipinski definition) is 2. The topological polar surface area (TPSA) is 83.4 Å². The van der Waals surface area contributed by atoms with Crippen LogP contribution in [0.25, 0.3) is 0 Å². The van der Waals surface area contributed by atoms with Crippen LogP contribution in [-0.2, 0) is 34.8 Å². The second kappa shape index (κ2) is 10.1. The number of anilines is 1. The summed E-state index contributed by atoms with van der Waals surface area (Å²) in [6.45, 7) is 5.51. The van der Waals surface area contributed by atoms with Crippen molar-refractivity contribution >= 4 is 21.6 Å². The summed E-state index contributed by atoms with van der Waals surface area (Å²) in [5, 5.41) is 2.78. The molecule has 0 saturated heterocycles. The van der Waals surface area contributed by atoms with Gasteiger partial charge in [0, 0.05) is 50.2 Å². The molecule has 1 amide bonds. The van der Waals surface area contributed by atoms with E-state index in [-0.39, 0.29) is 29.3 Å². The molecule has 0 saturated carbocycles. The lowest BCUT2D eigenvalue weighted by atomic mass is 9.98. The van der Waals surface area contributed by atoms with Gasteiger partial charge in [-0.2, -0.15) is 0 Å². The zero-order valence-electron chi connectivity index (χ0n) is 19.9. The number of sulfonamides is 1. The van der Waals surface area contributed by atoms with Gasteiger partial charge < -0.3 is 9.88 Å². The van der Waals surface area contributed by atoms with E-state index in [1.807, 2.05) is 43.8 Å². The molecular formula is C26H32N4O3S. The van der Waals surface area contributed by atoms with Gasteiger partial charge in [-0.15, -0.1) is 0 Å². The number of aromatic nitrogens is 1. The maximum atomic E-state index is 13.1. The van der Waals surface area contributed by atoms with Crippen molar-refractivity contribution in [1.82, 2.24) is 14.2 Å². The van der Waals surface area contributed by atoms with E-state index in [2.05, 4.69) is 39.2 Å². The van der Waals surface area contributed by atoms with E-state index in [0.717, 1.165) is 25.2 Å². The number of nitrogens with zero attached hydrogens (tertiary/aromatic N) is 2. The highest BCUT2D eigenvalue weighted by Crippen LogP contribution is 2.28. The van der Waals surface area contributed by atoms with Gasteiger partial charge in [-0.1, -0.05) is 38.1 Å². The Kier molecular flexibility index (Phi) is 7.21. The summed E-state index contributed by atoms with van der Waals surface area (Å²) in [5.74, 6) is -0.261. The molecule has 8 heteroatoms. The number of nitrogens with one attached hydrogen (secondary N) is 2. The Morgan fingerprint density at radius 1 is 1.00 bits per heavy atom. The van der Waals surface area contributed by atoms with E-state index in [4.69, 9.17) is 0 Å². The Hall–Kier alpha value is -2.94. The lowest BCUT2D eigenvalue weighted by Gasteiger charge is -2.36. The minimum absolute atomic E-state index is 0.104. The first-order valence-corrected chi connectivity index (χ1v) is 13.1. The fraction of sp³-hybridized carbons (Fsp3) is 0.346. The van der Waals surface area contributed by atoms with Crippen molar-refractivity contribution in [3.8, 4) is 0 Å². The van der Waals surface area contributed by atoms with Crippen molar-refractivity contribution in [2.45, 2.75) is 37.8 Å². The summed E-state index contributed by atoms with van der Waals surface area (Å²) in [5.41, 5.74) is 4.28. The third kappa shape index (κ3) is 5.41. The van der Waals surface area contributed by atoms with Crippen molar-refractivity contribution in [3.63, 3.8) is 0 Å². The molecule has 0 bridgehead atoms. The SMILES string of the molecule is CC(C)C(=O)Nc1ccc(S(=O)(=O)NCC(c2cccn2C)N2CCc3ccccc3C2)cc1. The number of carbonyl (C=O) groups is 1. The number of benzene rings is 2. The highest BCUT2D eigenvalue weighted by Gasteiger charge is 2.28. The van der Waals surface area contributed by atoms with Gasteiger partial charge in [-0.3, -0.25) is 9.69 Å². The Balaban J connectivity index is 1.50. The summed E-state index contributed by atoms with van der Waals surface area (Å²) < 4.78 is 31.0. The zero-order chi connectivity index (χ0) is 24.3. The summed E-state index contributed by atoms with van der Waals surface area (Å²) in [7, 11) is -1.73. The quantitative estimate of drug-likeness (QED) is 0.515. The monoisotopic (exact) mass is 480 g/mol. The van der Waals surface area contributed by atoms with Crippen molar-refractivity contribution in [3.05, 3.63) is 83.7 Å². The van der Waals surface area contributed by atoms with E-state index in [9.17, 15) is 13.2 Å². The van der Waals surface area contributed by atoms with E-state index in [1.165, 1.54) is 23.3 Å². The molecule has 0 spiro atoms. The van der Waals surface area contributed by atoms with Gasteiger partial charge >= 0.3 is 0 Å². The molecule has 0 aliphatic carbocycles. The predicted octanol–water partition coefficient (Wildman–Crippen LogP) is 3.70. The number of amides is 1. The van der Waals surface area contributed by atoms with Crippen molar-refractivity contribution in [2.24, 2.45) is 13.0 Å². The number of hydrogen-bond acceptors (Lipinski definition) is 4. The maximum Gasteiger partial charge on any atom is 0.240 e. The van der Waals surface area contributed by atoms with Crippen LogP contribution in [-0.4, -0.2) is 36.9 Å². The number of fused-ring (bicyclic) bond motifs is 1. The van der Waals surface area contributed by atoms with Crippen molar-refractivity contribution < 1.29 is 13.2 Å². The van der Waals surface area contributed by atoms with Gasteiger partial charge in [0.2, 0.25) is 15.9 Å². The van der Waals surface area contributed by atoms with Crippen LogP contribution in [0.2, 0.25) is 0 Å². The Morgan fingerprint density at radius 2 is 1.71 bits per heavy atom. The normalized spacial score (nSPS) is 15.2. The van der Waals surface area contributed by atoms with Gasteiger partial charge in [0.05, 0.1) is 10.9 Å². The summed E-state index contributed by atoms with van der Waals surface area (Å²) in [6.07, 6.45) is 2.92. The third-order valence-electron chi connectivity index (χ3n) is 6.35. The van der Waals surface area contributed by atoms with Crippen LogP contribution in [0, 0.1) is 5.92 Å². The first-order chi connectivity index (χ1) is 16.2. The fourth-order valence-corrected chi connectivity index (χ4v) is 5.34. The summed E-state index contributed by atoms with van der Waals surface area (Å²) in [4.78, 5) is 14.4. The summed E-state index contributed by atoms with van der Waals surface area (Å²) >= 11 is 0. The van der Waals surface area contributed by atoms with Gasteiger partial charge in [0.15, 0.2) is 0 Å². The minimum atomic E-state index is -3.72. The maximum absolute atomic E-state index is 13.1. The van der Waals surface area contributed by atoms with E-state index in [0.29, 0.717) is 5.69 Å². The van der Waals surface area contributed by atoms with Crippen LogP contribution in [0.5, 0.6) is 0 Å². The molecule has 2 N–H and O–H groups in total. The zero-order valence-corrected chi connectivity index (χ0v) is 20.7. The largest absolute Gasteiger partial charge is 0.353 e. The molecular weight excluding hydrogens is 448 g/mol. The molecule has 0 radical (unpaired) electrons. The molecule has 1 unspecified atom stereocenters. The standard InChI is InChI=1S/C26H32N4O3S/c1-19(2)26(31)28-22-10-12-23(13-11-22)34(32,33)27-17-25(24-9-6-15-29(24)3)30-16-14-20-7-4-5-8-21(20)18-30/h4-13,15,19,25,27H,14,16-18H2,1-3H3,(H,28,31). The molecule has 34 heavy (non-hydrogen) atoms. The van der Waals surface area contributed by atoms with Crippen LogP contribution in [0.4, 0.5) is 5.69 Å². The van der Waals surface area contributed by atoms with Crippen molar-refractivity contribution in [1.29, 1.82) is 0 Å². The van der Waals surface area contributed by atoms with Gasteiger partial charge in [-0.05, 0) is 53.9 Å². The average molecular weight is 481 g/mol. The first kappa shape index (κ1) is 24.2. The Morgan fingerprint density at radius 3 is 2.35 bits per heavy atom. The highest BCUT2D eigenvalue weighted by molar-refractivity contribution is 7.89. The Labute approximate surface area is 201 Å². The van der Waals surface area contributed by atoms with Crippen LogP contribution in [0.15, 0.2) is 71.8 Å². The number of rotatable bonds is 8. The predicted molar refractivity (Wildman–Crippen MR) is 134 cm³/mol. The second-order valence-electron chi connectivity index (χ2n) is 9.07. The van der Waals surface area contributed by atoms with E-state index >= 15 is 0 Å². The molecule has 1 aliphatic rings. The molecule has 0 fully saturated rings. The fourth-order valence-electron chi connectivity index (χ4n) is 4.30. The lowest BCUT2D eigenvalue weighted by molar-refractivity contribution is -0.118. The molecule has 2 heterocycles. The minimum Gasteiger partial charge on any atom is -0.353 e. The molecule has 1 aromatic heterocycles. The van der Waals surface area contributed by atoms with Gasteiger partial charge in [-0.25, -0.2) is 13.1 Å². The number of carbonyl (C=O) groups excluding carboxylic acids is 1. The smallest absolute Gasteiger partial charge is 0.240 e. The molecule has 1 aliphatic heterocycles. The van der Waals surface area contributed by atoms with Crippen LogP contribution < -0.4 is 10.0 Å². The van der Waals surface area contributed by atoms with E-state index in [1.54, 1.807) is 12.1 Å². The molecule has 2 aromatic carbocycles. The average Bonchev–Trinajstić information content (AvgIpc) is 3.25. The van der Waals surface area contributed by atoms with E-state index < -0.39 is 10.0 Å². The van der Waals surface area contributed by atoms with Crippen LogP contribution in [0.3, 0.4) is 0 Å². The first-order valence-electron chi connectivity index (χ1n) is 11.6. The molecule has 4 rings (SSSR count). The third-order valence-corrected chi connectivity index (χ3v) is 7.79. The molecule has 7 nitrogen and oxygen atoms in total. The second-order valence-corrected chi connectivity index (χ2v) is 10.8. The van der Waals surface area contributed by atoms with Crippen molar-refractivity contribution in [2.75, 3.05) is 18.4 Å². The Bertz CT molecular complexity index is 1250. The van der Waals surface area contributed by atoms with Crippen LogP contribution in [0.1, 0.15) is 36.7 Å².